The number of hydrogen-bond donors (Lipinski definition) is 0. The molecule has 1 aliphatic heterocycles. The minimum absolute atomic E-state index is 0.00156. The summed E-state index contributed by atoms with van der Waals surface area (Å²) in [6.45, 7) is 1.01. The monoisotopic (exact) mass is 246 g/mol. The third-order valence-corrected chi connectivity index (χ3v) is 3.60. The fourth-order valence-electron chi connectivity index (χ4n) is 1.98. The van der Waals surface area contributed by atoms with E-state index in [2.05, 4.69) is 0 Å². The van der Waals surface area contributed by atoms with Crippen molar-refractivity contribution >= 4 is 23.9 Å². The summed E-state index contributed by atoms with van der Waals surface area (Å²) in [5.41, 5.74) is 0. The topological polar surface area (TPSA) is 55.9 Å². The van der Waals surface area contributed by atoms with Crippen molar-refractivity contribution < 1.29 is 19.1 Å². The van der Waals surface area contributed by atoms with Crippen LogP contribution < -0.4 is 0 Å². The molecule has 0 N–H and O–H groups in total. The molecule has 0 radical (unpaired) electrons. The van der Waals surface area contributed by atoms with Gasteiger partial charge in [0.15, 0.2) is 0 Å². The minimum atomic E-state index is -0.281. The SMILES string of the molecule is O=CC1CCC(C(=O)OCC2CO2)C(Cl)C1. The summed E-state index contributed by atoms with van der Waals surface area (Å²) in [6, 6.07) is 0. The van der Waals surface area contributed by atoms with Gasteiger partial charge >= 0.3 is 5.97 Å². The average molecular weight is 247 g/mol. The zero-order valence-electron chi connectivity index (χ0n) is 8.93. The van der Waals surface area contributed by atoms with Crippen LogP contribution in [-0.4, -0.2) is 37.0 Å². The van der Waals surface area contributed by atoms with Crippen LogP contribution in [0.5, 0.6) is 0 Å². The number of rotatable bonds is 4. The van der Waals surface area contributed by atoms with E-state index in [1.54, 1.807) is 0 Å². The Kier molecular flexibility index (Phi) is 3.82. The fraction of sp³-hybridized carbons (Fsp3) is 0.818. The fourth-order valence-corrected chi connectivity index (χ4v) is 2.44. The Morgan fingerprint density at radius 1 is 1.50 bits per heavy atom. The van der Waals surface area contributed by atoms with Crippen molar-refractivity contribution in [2.24, 2.45) is 11.8 Å². The lowest BCUT2D eigenvalue weighted by atomic mass is 9.82. The molecule has 2 aliphatic rings. The van der Waals surface area contributed by atoms with Crippen molar-refractivity contribution in [1.29, 1.82) is 0 Å². The summed E-state index contributed by atoms with van der Waals surface area (Å²) < 4.78 is 10.1. The van der Waals surface area contributed by atoms with E-state index in [9.17, 15) is 9.59 Å². The van der Waals surface area contributed by atoms with E-state index in [4.69, 9.17) is 21.1 Å². The van der Waals surface area contributed by atoms with Crippen molar-refractivity contribution in [3.63, 3.8) is 0 Å². The Hall–Kier alpha value is -0.610. The number of carbonyl (C=O) groups is 2. The molecule has 5 heteroatoms. The summed E-state index contributed by atoms with van der Waals surface area (Å²) >= 11 is 6.09. The van der Waals surface area contributed by atoms with Crippen LogP contribution in [0, 0.1) is 11.8 Å². The zero-order chi connectivity index (χ0) is 11.5. The third-order valence-electron chi connectivity index (χ3n) is 3.12. The maximum Gasteiger partial charge on any atom is 0.310 e. The van der Waals surface area contributed by atoms with E-state index in [0.29, 0.717) is 26.1 Å². The molecular formula is C11H15ClO4. The Labute approximate surface area is 99.2 Å². The highest BCUT2D eigenvalue weighted by atomic mass is 35.5. The number of ether oxygens (including phenoxy) is 2. The molecule has 1 saturated heterocycles. The summed E-state index contributed by atoms with van der Waals surface area (Å²) in [6.07, 6.45) is 2.96. The number of carbonyl (C=O) groups excluding carboxylic acids is 2. The molecule has 1 aliphatic carbocycles. The van der Waals surface area contributed by atoms with Crippen LogP contribution in [0.1, 0.15) is 19.3 Å². The highest BCUT2D eigenvalue weighted by molar-refractivity contribution is 6.22. The van der Waals surface area contributed by atoms with Crippen LogP contribution >= 0.6 is 11.6 Å². The Balaban J connectivity index is 1.78. The lowest BCUT2D eigenvalue weighted by Gasteiger charge is -2.28. The van der Waals surface area contributed by atoms with E-state index in [0.717, 1.165) is 12.7 Å². The summed E-state index contributed by atoms with van der Waals surface area (Å²) in [7, 11) is 0. The van der Waals surface area contributed by atoms with Gasteiger partial charge in [0.05, 0.1) is 12.5 Å². The van der Waals surface area contributed by atoms with Crippen LogP contribution in [-0.2, 0) is 19.1 Å². The van der Waals surface area contributed by atoms with Crippen molar-refractivity contribution in [2.75, 3.05) is 13.2 Å². The van der Waals surface area contributed by atoms with Gasteiger partial charge in [-0.1, -0.05) is 0 Å². The quantitative estimate of drug-likeness (QED) is 0.323. The van der Waals surface area contributed by atoms with E-state index in [1.807, 2.05) is 0 Å². The maximum atomic E-state index is 11.7. The van der Waals surface area contributed by atoms with Gasteiger partial charge in [-0.05, 0) is 19.3 Å². The van der Waals surface area contributed by atoms with Gasteiger partial charge in [0.25, 0.3) is 0 Å². The van der Waals surface area contributed by atoms with Gasteiger partial charge in [-0.3, -0.25) is 4.79 Å². The number of esters is 1. The molecule has 0 aromatic rings. The number of hydrogen-bond acceptors (Lipinski definition) is 4. The molecular weight excluding hydrogens is 232 g/mol. The molecule has 16 heavy (non-hydrogen) atoms. The first-order valence-corrected chi connectivity index (χ1v) is 6.02. The highest BCUT2D eigenvalue weighted by Crippen LogP contribution is 2.32. The molecule has 4 nitrogen and oxygen atoms in total. The Morgan fingerprint density at radius 2 is 2.25 bits per heavy atom. The molecule has 0 aromatic carbocycles. The van der Waals surface area contributed by atoms with E-state index in [-0.39, 0.29) is 29.3 Å². The Bertz CT molecular complexity index is 277. The number of halogens is 1. The van der Waals surface area contributed by atoms with Crippen molar-refractivity contribution in [3.8, 4) is 0 Å². The second kappa shape index (κ2) is 5.15. The van der Waals surface area contributed by atoms with Gasteiger partial charge in [-0.25, -0.2) is 0 Å². The number of alkyl halides is 1. The largest absolute Gasteiger partial charge is 0.463 e. The second-order valence-corrected chi connectivity index (χ2v) is 4.98. The molecule has 4 atom stereocenters. The predicted octanol–water partition coefficient (Wildman–Crippen LogP) is 1.15. The maximum absolute atomic E-state index is 11.7. The molecule has 0 bridgehead atoms. The molecule has 4 unspecified atom stereocenters. The van der Waals surface area contributed by atoms with E-state index >= 15 is 0 Å². The molecule has 90 valence electrons. The van der Waals surface area contributed by atoms with Crippen molar-refractivity contribution in [2.45, 2.75) is 30.7 Å². The second-order valence-electron chi connectivity index (χ2n) is 4.42. The molecule has 0 spiro atoms. The molecule has 1 heterocycles. The van der Waals surface area contributed by atoms with Gasteiger partial charge in [-0.15, -0.1) is 11.6 Å². The van der Waals surface area contributed by atoms with Crippen LogP contribution in [0.4, 0.5) is 0 Å². The van der Waals surface area contributed by atoms with E-state index in [1.165, 1.54) is 0 Å². The summed E-state index contributed by atoms with van der Waals surface area (Å²) in [5, 5.41) is -0.281. The standard InChI is InChI=1S/C11H15ClO4/c12-10-3-7(4-13)1-2-9(10)11(14)16-6-8-5-15-8/h4,7-10H,1-3,5-6H2. The lowest BCUT2D eigenvalue weighted by molar-refractivity contribution is -0.150. The van der Waals surface area contributed by atoms with Gasteiger partial charge in [0, 0.05) is 11.3 Å². The lowest BCUT2D eigenvalue weighted by Crippen LogP contribution is -2.33. The van der Waals surface area contributed by atoms with Gasteiger partial charge in [0.1, 0.15) is 19.0 Å². The average Bonchev–Trinajstić information content (AvgIpc) is 3.09. The number of epoxide rings is 1. The zero-order valence-corrected chi connectivity index (χ0v) is 9.69. The van der Waals surface area contributed by atoms with E-state index < -0.39 is 0 Å². The van der Waals surface area contributed by atoms with Crippen molar-refractivity contribution in [1.82, 2.24) is 0 Å². The summed E-state index contributed by atoms with van der Waals surface area (Å²) in [5.74, 6) is -0.519. The van der Waals surface area contributed by atoms with Crippen LogP contribution in [0.15, 0.2) is 0 Å². The minimum Gasteiger partial charge on any atom is -0.463 e. The molecule has 1 saturated carbocycles. The molecule has 0 aromatic heterocycles. The first-order valence-electron chi connectivity index (χ1n) is 5.58. The van der Waals surface area contributed by atoms with Crippen molar-refractivity contribution in [3.05, 3.63) is 0 Å². The number of aldehydes is 1. The van der Waals surface area contributed by atoms with Crippen LogP contribution in [0.2, 0.25) is 0 Å². The predicted molar refractivity (Wildman–Crippen MR) is 57.2 cm³/mol. The summed E-state index contributed by atoms with van der Waals surface area (Å²) in [4.78, 5) is 22.3. The molecule has 2 rings (SSSR count). The third kappa shape index (κ3) is 2.95. The smallest absolute Gasteiger partial charge is 0.310 e. The van der Waals surface area contributed by atoms with Gasteiger partial charge in [0.2, 0.25) is 0 Å². The highest BCUT2D eigenvalue weighted by Gasteiger charge is 2.35. The molecule has 2 fully saturated rings. The molecule has 0 amide bonds. The Morgan fingerprint density at radius 3 is 2.81 bits per heavy atom. The van der Waals surface area contributed by atoms with Gasteiger partial charge < -0.3 is 14.3 Å². The van der Waals surface area contributed by atoms with Crippen LogP contribution in [0.3, 0.4) is 0 Å². The normalized spacial score (nSPS) is 37.8. The first kappa shape index (κ1) is 11.9. The van der Waals surface area contributed by atoms with Crippen LogP contribution in [0.25, 0.3) is 0 Å². The van der Waals surface area contributed by atoms with Gasteiger partial charge in [-0.2, -0.15) is 0 Å². The first-order chi connectivity index (χ1) is 7.70.